The fourth-order valence-corrected chi connectivity index (χ4v) is 12.3. The van der Waals surface area contributed by atoms with Crippen molar-refractivity contribution in [2.45, 2.75) is 200 Å². The molecular weight excluding hydrogens is 1220 g/mol. The van der Waals surface area contributed by atoms with Crippen molar-refractivity contribution in [3.63, 3.8) is 0 Å². The number of benzene rings is 3. The minimum absolute atomic E-state index is 0.443. The predicted molar refractivity (Wildman–Crippen MR) is 373 cm³/mol. The van der Waals surface area contributed by atoms with Gasteiger partial charge in [0.2, 0.25) is 0 Å². The number of carbonyl (C=O) groups excluding carboxylic acids is 2. The van der Waals surface area contributed by atoms with Crippen LogP contribution in [0, 0.1) is 62.3 Å². The van der Waals surface area contributed by atoms with E-state index in [1.165, 1.54) is 19.9 Å². The zero-order valence-electron chi connectivity index (χ0n) is 57.6. The molecule has 492 valence electrons. The number of carboxylic acid groups (broad SMARTS) is 1. The van der Waals surface area contributed by atoms with Gasteiger partial charge in [0.05, 0.1) is 31.0 Å². The summed E-state index contributed by atoms with van der Waals surface area (Å²) in [6.45, 7) is 41.3. The highest BCUT2D eigenvalue weighted by molar-refractivity contribution is 6.31. The van der Waals surface area contributed by atoms with E-state index in [1.54, 1.807) is 0 Å². The van der Waals surface area contributed by atoms with Gasteiger partial charge in [-0.25, -0.2) is 29.3 Å². The number of aliphatic carboxylic acids is 1. The third kappa shape index (κ3) is 15.7. The van der Waals surface area contributed by atoms with Crippen LogP contribution in [0.15, 0.2) is 72.8 Å². The molecule has 2 N–H and O–H groups in total. The first-order chi connectivity index (χ1) is 43.0. The van der Waals surface area contributed by atoms with E-state index in [1.807, 2.05) is 170 Å². The number of fused-ring (bicyclic) bond motifs is 3. The Balaban J connectivity index is 0.000000196. The Labute approximate surface area is 557 Å². The molecule has 0 fully saturated rings. The molecule has 6 heterocycles. The van der Waals surface area contributed by atoms with E-state index >= 15 is 0 Å². The van der Waals surface area contributed by atoms with Crippen molar-refractivity contribution in [3.8, 4) is 33.4 Å². The maximum absolute atomic E-state index is 13.0. The SMILES string of the molecule is CCCn1c(C)c(C)c2c(-c3ccc(Cl)cc3)c(C(OC(C)(C)C)C(=O)O)c(C)nc21.CCCn1c(C)c(C)c2c(-c3ccc(Cl)cc3)c(C(OC(C)(C)C)C(=O)OC)c(C)nc21.COC(=O)C(OC(C)(C)C)c1c(C)nc2[nH]c(C)c(C)c2c1-c1ccc(Cl)cc1. The number of hydrogen-bond acceptors (Lipinski definition) is 11. The van der Waals surface area contributed by atoms with Crippen molar-refractivity contribution in [3.05, 3.63) is 155 Å². The fourth-order valence-electron chi connectivity index (χ4n) is 11.9. The molecule has 0 aliphatic carbocycles. The number of nitrogens with zero attached hydrogens (tertiary/aromatic N) is 5. The molecule has 3 unspecified atom stereocenters. The van der Waals surface area contributed by atoms with E-state index < -0.39 is 53.0 Å². The van der Waals surface area contributed by atoms with Crippen LogP contribution in [0.1, 0.15) is 175 Å². The summed E-state index contributed by atoms with van der Waals surface area (Å²) < 4.78 is 33.3. The molecule has 9 aromatic rings. The summed E-state index contributed by atoms with van der Waals surface area (Å²) in [5, 5.41) is 15.0. The van der Waals surface area contributed by atoms with Gasteiger partial charge >= 0.3 is 17.9 Å². The van der Waals surface area contributed by atoms with Gasteiger partial charge < -0.3 is 42.9 Å². The molecule has 3 atom stereocenters. The first-order valence-electron chi connectivity index (χ1n) is 31.2. The standard InChI is InChI=1S/C26H33ClN2O3.C25H31ClN2O3.C23H27ClN2O3/c1-9-14-29-17(4)15(2)20-22(18-10-12-19(27)13-11-18)21(16(3)28-24(20)29)23(25(30)31-8)32-26(5,6)7;1-8-13-28-16(4)14(2)19-21(17-9-11-18(26)12-10-17)20(15(3)27-23(19)28)22(24(29)30)31-25(5,6)7;1-12-13(2)25-21-17(12)19(15-8-10-16(24)11-9-15)18(14(3)26-21)20(22(27)28-7)29-23(4,5)6/h10-13,23H,9,14H2,1-8H3;9-12,22H,8,13H2,1-7H3,(H,29,30);8-11,20H,1-7H3,(H,25,26). The van der Waals surface area contributed by atoms with Crippen LogP contribution in [-0.4, -0.2) is 83.1 Å². The normalized spacial score (nSPS) is 13.0. The number of aromatic amines is 1. The van der Waals surface area contributed by atoms with Crippen LogP contribution in [-0.2, 0) is 51.2 Å². The molecule has 6 aromatic heterocycles. The van der Waals surface area contributed by atoms with E-state index in [-0.39, 0.29) is 0 Å². The lowest BCUT2D eigenvalue weighted by Crippen LogP contribution is -2.29. The summed E-state index contributed by atoms with van der Waals surface area (Å²) in [4.78, 5) is 56.2. The van der Waals surface area contributed by atoms with Crippen LogP contribution in [0.5, 0.6) is 0 Å². The van der Waals surface area contributed by atoms with Crippen molar-refractivity contribution in [2.75, 3.05) is 14.2 Å². The maximum atomic E-state index is 13.0. The van der Waals surface area contributed by atoms with Gasteiger partial charge in [0.25, 0.3) is 0 Å². The maximum Gasteiger partial charge on any atom is 0.339 e. The van der Waals surface area contributed by atoms with Crippen LogP contribution in [0.2, 0.25) is 15.1 Å². The molecule has 3 aromatic carbocycles. The molecule has 0 saturated heterocycles. The lowest BCUT2D eigenvalue weighted by Gasteiger charge is -2.28. The second-order valence-electron chi connectivity index (χ2n) is 26.4. The number of aryl methyl sites for hydroxylation is 9. The van der Waals surface area contributed by atoms with Crippen LogP contribution >= 0.6 is 34.8 Å². The summed E-state index contributed by atoms with van der Waals surface area (Å²) in [6.07, 6.45) is -0.972. The number of carboxylic acids is 1. The zero-order valence-corrected chi connectivity index (χ0v) is 59.8. The number of nitrogens with one attached hydrogen (secondary N) is 1. The molecule has 0 aliphatic heterocycles. The van der Waals surface area contributed by atoms with Gasteiger partial charge in [-0.3, -0.25) is 0 Å². The average Bonchev–Trinajstić information content (AvgIpc) is 1.51. The van der Waals surface area contributed by atoms with E-state index in [2.05, 4.69) is 55.7 Å². The molecule has 0 aliphatic rings. The number of halogens is 3. The Bertz CT molecular complexity index is 4180. The zero-order chi connectivity index (χ0) is 68.4. The Kier molecular flexibility index (Phi) is 22.8. The first kappa shape index (κ1) is 72.3. The fraction of sp³-hybridized carbons (Fsp3) is 0.432. The van der Waals surface area contributed by atoms with Gasteiger partial charge in [0.1, 0.15) is 16.9 Å². The largest absolute Gasteiger partial charge is 0.479 e. The van der Waals surface area contributed by atoms with Crippen LogP contribution in [0.4, 0.5) is 0 Å². The van der Waals surface area contributed by atoms with E-state index in [9.17, 15) is 19.5 Å². The number of ether oxygens (including phenoxy) is 5. The summed E-state index contributed by atoms with van der Waals surface area (Å²) in [6, 6.07) is 22.8. The Morgan fingerprint density at radius 1 is 0.478 bits per heavy atom. The van der Waals surface area contributed by atoms with E-state index in [4.69, 9.17) is 73.4 Å². The smallest absolute Gasteiger partial charge is 0.339 e. The monoisotopic (exact) mass is 1310 g/mol. The minimum Gasteiger partial charge on any atom is -0.479 e. The van der Waals surface area contributed by atoms with E-state index in [0.717, 1.165) is 132 Å². The number of H-pyrrole nitrogens is 1. The molecule has 0 amide bonds. The number of aromatic nitrogens is 6. The number of pyridine rings is 3. The van der Waals surface area contributed by atoms with Crippen molar-refractivity contribution in [1.29, 1.82) is 0 Å². The second kappa shape index (κ2) is 29.0. The third-order valence-electron chi connectivity index (χ3n) is 16.2. The third-order valence-corrected chi connectivity index (χ3v) is 16.9. The van der Waals surface area contributed by atoms with Crippen molar-refractivity contribution < 1.29 is 43.2 Å². The number of hydrogen-bond donors (Lipinski definition) is 2. The molecule has 0 bridgehead atoms. The predicted octanol–water partition coefficient (Wildman–Crippen LogP) is 19.2. The summed E-state index contributed by atoms with van der Waals surface area (Å²) in [7, 11) is 2.76. The first-order valence-corrected chi connectivity index (χ1v) is 32.3. The van der Waals surface area contributed by atoms with Gasteiger partial charge in [-0.05, 0) is 207 Å². The minimum atomic E-state index is -1.14. The molecular formula is C74H91Cl3N6O9. The molecule has 18 heteroatoms. The van der Waals surface area contributed by atoms with E-state index in [0.29, 0.717) is 37.6 Å². The van der Waals surface area contributed by atoms with Gasteiger partial charge in [0.15, 0.2) is 18.3 Å². The highest BCUT2D eigenvalue weighted by Crippen LogP contribution is 2.46. The van der Waals surface area contributed by atoms with Gasteiger partial charge in [-0.15, -0.1) is 0 Å². The number of esters is 2. The molecule has 0 saturated carbocycles. The van der Waals surface area contributed by atoms with Gasteiger partial charge in [-0.2, -0.15) is 0 Å². The summed E-state index contributed by atoms with van der Waals surface area (Å²) in [5.74, 6) is -1.93. The Hall–Kier alpha value is -7.11. The second-order valence-corrected chi connectivity index (χ2v) is 27.7. The van der Waals surface area contributed by atoms with Crippen LogP contribution in [0.3, 0.4) is 0 Å². The Morgan fingerprint density at radius 3 is 1.09 bits per heavy atom. The lowest BCUT2D eigenvalue weighted by atomic mass is 9.91. The highest BCUT2D eigenvalue weighted by Gasteiger charge is 2.38. The molecule has 0 spiro atoms. The number of rotatable bonds is 16. The topological polar surface area (TPSA) is 182 Å². The molecule has 9 rings (SSSR count). The summed E-state index contributed by atoms with van der Waals surface area (Å²) >= 11 is 18.5. The van der Waals surface area contributed by atoms with Gasteiger partial charge in [0, 0.05) is 112 Å². The van der Waals surface area contributed by atoms with Gasteiger partial charge in [-0.1, -0.05) is 85.0 Å². The van der Waals surface area contributed by atoms with Crippen molar-refractivity contribution in [2.24, 2.45) is 0 Å². The van der Waals surface area contributed by atoms with Crippen LogP contribution in [0.25, 0.3) is 66.5 Å². The molecule has 92 heavy (non-hydrogen) atoms. The van der Waals surface area contributed by atoms with Crippen molar-refractivity contribution in [1.82, 2.24) is 29.1 Å². The quantitative estimate of drug-likeness (QED) is 0.0875. The van der Waals surface area contributed by atoms with Crippen LogP contribution < -0.4 is 0 Å². The number of methoxy groups -OCH3 is 2. The average molecular weight is 1310 g/mol. The number of carbonyl (C=O) groups is 3. The molecule has 0 radical (unpaired) electrons. The highest BCUT2D eigenvalue weighted by atomic mass is 35.5. The lowest BCUT2D eigenvalue weighted by molar-refractivity contribution is -0.164. The summed E-state index contributed by atoms with van der Waals surface area (Å²) in [5.41, 5.74) is 17.2. The Morgan fingerprint density at radius 2 is 0.783 bits per heavy atom. The van der Waals surface area contributed by atoms with Crippen molar-refractivity contribution >= 4 is 85.8 Å². The molecule has 15 nitrogen and oxygen atoms in total.